The number of carbonyl (C=O) groups excluding carboxylic acids is 3. The first-order chi connectivity index (χ1) is 13.5. The van der Waals surface area contributed by atoms with Crippen molar-refractivity contribution < 1.29 is 14.4 Å². The van der Waals surface area contributed by atoms with Crippen molar-refractivity contribution in [1.29, 1.82) is 0 Å². The first kappa shape index (κ1) is 19.9. The van der Waals surface area contributed by atoms with E-state index in [0.29, 0.717) is 34.9 Å². The molecule has 146 valence electrons. The molecule has 7 heteroatoms. The molecule has 0 spiro atoms. The summed E-state index contributed by atoms with van der Waals surface area (Å²) in [5, 5.41) is 9.01. The minimum Gasteiger partial charge on any atom is -0.352 e. The third-order valence-corrected chi connectivity index (χ3v) is 4.59. The Morgan fingerprint density at radius 2 is 1.64 bits per heavy atom. The number of amides is 3. The van der Waals surface area contributed by atoms with Crippen LogP contribution in [0.3, 0.4) is 0 Å². The summed E-state index contributed by atoms with van der Waals surface area (Å²) in [6, 6.07) is 13.7. The number of hydrogen-bond donors (Lipinski definition) is 3. The Hall–Kier alpha value is -2.86. The van der Waals surface area contributed by atoms with Gasteiger partial charge in [-0.25, -0.2) is 0 Å². The molecule has 3 N–H and O–H groups in total. The van der Waals surface area contributed by atoms with E-state index in [4.69, 9.17) is 11.6 Å². The lowest BCUT2D eigenvalue weighted by atomic mass is 10.2. The molecule has 6 nitrogen and oxygen atoms in total. The molecule has 2 aromatic rings. The molecule has 3 rings (SSSR count). The smallest absolute Gasteiger partial charge is 0.251 e. The predicted octanol–water partition coefficient (Wildman–Crippen LogP) is 3.84. The third-order valence-electron chi connectivity index (χ3n) is 4.33. The molecule has 0 radical (unpaired) electrons. The Bertz CT molecular complexity index is 863. The first-order valence-electron chi connectivity index (χ1n) is 9.26. The van der Waals surface area contributed by atoms with E-state index >= 15 is 0 Å². The summed E-state index contributed by atoms with van der Waals surface area (Å²) >= 11 is 5.80. The van der Waals surface area contributed by atoms with E-state index in [1.807, 2.05) is 0 Å². The summed E-state index contributed by atoms with van der Waals surface area (Å²) in [5.41, 5.74) is 1.83. The van der Waals surface area contributed by atoms with Gasteiger partial charge in [0, 0.05) is 40.8 Å². The Labute approximate surface area is 168 Å². The highest BCUT2D eigenvalue weighted by Crippen LogP contribution is 2.30. The van der Waals surface area contributed by atoms with E-state index in [-0.39, 0.29) is 30.1 Å². The van der Waals surface area contributed by atoms with Gasteiger partial charge in [0.15, 0.2) is 0 Å². The summed E-state index contributed by atoms with van der Waals surface area (Å²) in [6.45, 7) is 0.395. The van der Waals surface area contributed by atoms with E-state index in [2.05, 4.69) is 16.0 Å². The van der Waals surface area contributed by atoms with Gasteiger partial charge in [-0.2, -0.15) is 0 Å². The number of halogens is 1. The van der Waals surface area contributed by atoms with Crippen LogP contribution in [0.25, 0.3) is 0 Å². The van der Waals surface area contributed by atoms with Gasteiger partial charge in [-0.05, 0) is 61.7 Å². The van der Waals surface area contributed by atoms with Gasteiger partial charge in [0.1, 0.15) is 0 Å². The molecule has 0 aromatic heterocycles. The van der Waals surface area contributed by atoms with Gasteiger partial charge < -0.3 is 16.0 Å². The molecule has 0 bridgehead atoms. The Kier molecular flexibility index (Phi) is 6.66. The third kappa shape index (κ3) is 6.09. The average Bonchev–Trinajstić information content (AvgIpc) is 3.51. The molecule has 1 aliphatic rings. The highest BCUT2D eigenvalue weighted by Gasteiger charge is 2.29. The van der Waals surface area contributed by atoms with Crippen LogP contribution in [0.15, 0.2) is 48.5 Å². The summed E-state index contributed by atoms with van der Waals surface area (Å²) in [7, 11) is 0. The molecule has 2 aromatic carbocycles. The molecule has 0 atom stereocenters. The Morgan fingerprint density at radius 1 is 0.964 bits per heavy atom. The monoisotopic (exact) mass is 399 g/mol. The number of benzene rings is 2. The van der Waals surface area contributed by atoms with Crippen molar-refractivity contribution >= 4 is 40.7 Å². The molecule has 1 aliphatic carbocycles. The zero-order valence-electron chi connectivity index (χ0n) is 15.3. The molecule has 0 heterocycles. The summed E-state index contributed by atoms with van der Waals surface area (Å²) in [5.74, 6) is -0.191. The summed E-state index contributed by atoms with van der Waals surface area (Å²) < 4.78 is 0. The largest absolute Gasteiger partial charge is 0.352 e. The number of hydrogen-bond acceptors (Lipinski definition) is 3. The molecule has 28 heavy (non-hydrogen) atoms. The fourth-order valence-electron chi connectivity index (χ4n) is 2.64. The van der Waals surface area contributed by atoms with Crippen molar-refractivity contribution in [1.82, 2.24) is 5.32 Å². The second kappa shape index (κ2) is 9.37. The fourth-order valence-corrected chi connectivity index (χ4v) is 2.77. The number of carbonyl (C=O) groups is 3. The van der Waals surface area contributed by atoms with Crippen LogP contribution in [0.1, 0.15) is 36.0 Å². The molecule has 0 aliphatic heterocycles. The molecule has 0 saturated heterocycles. The van der Waals surface area contributed by atoms with Crippen molar-refractivity contribution in [3.8, 4) is 0 Å². The zero-order valence-corrected chi connectivity index (χ0v) is 16.1. The summed E-state index contributed by atoms with van der Waals surface area (Å²) in [6.07, 6.45) is 2.68. The van der Waals surface area contributed by atoms with Crippen molar-refractivity contribution in [2.75, 3.05) is 17.2 Å². The molecular formula is C21H22ClN3O3. The molecule has 1 saturated carbocycles. The van der Waals surface area contributed by atoms with Gasteiger partial charge in [-0.1, -0.05) is 17.7 Å². The van der Waals surface area contributed by atoms with Crippen LogP contribution in [-0.4, -0.2) is 24.3 Å². The second-order valence-electron chi connectivity index (χ2n) is 6.76. The minimum atomic E-state index is -0.198. The van der Waals surface area contributed by atoms with E-state index in [0.717, 1.165) is 12.8 Å². The van der Waals surface area contributed by atoms with Crippen molar-refractivity contribution in [2.45, 2.75) is 25.7 Å². The highest BCUT2D eigenvalue weighted by molar-refractivity contribution is 6.30. The number of rotatable bonds is 8. The lowest BCUT2D eigenvalue weighted by molar-refractivity contribution is -0.117. The van der Waals surface area contributed by atoms with Gasteiger partial charge >= 0.3 is 0 Å². The second-order valence-corrected chi connectivity index (χ2v) is 7.20. The fraction of sp³-hybridized carbons (Fsp3) is 0.286. The topological polar surface area (TPSA) is 87.3 Å². The van der Waals surface area contributed by atoms with Gasteiger partial charge in [-0.15, -0.1) is 0 Å². The average molecular weight is 400 g/mol. The van der Waals surface area contributed by atoms with Crippen LogP contribution < -0.4 is 16.0 Å². The van der Waals surface area contributed by atoms with Crippen molar-refractivity contribution in [3.63, 3.8) is 0 Å². The van der Waals surface area contributed by atoms with Gasteiger partial charge in [0.2, 0.25) is 11.8 Å². The predicted molar refractivity (Wildman–Crippen MR) is 109 cm³/mol. The molecule has 1 fully saturated rings. The van der Waals surface area contributed by atoms with Crippen molar-refractivity contribution in [3.05, 3.63) is 59.1 Å². The van der Waals surface area contributed by atoms with Gasteiger partial charge in [0.25, 0.3) is 5.91 Å². The van der Waals surface area contributed by atoms with Crippen LogP contribution in [0.4, 0.5) is 11.4 Å². The maximum absolute atomic E-state index is 12.1. The lowest BCUT2D eigenvalue weighted by Crippen LogP contribution is -2.25. The molecule has 0 unspecified atom stereocenters. The molecular weight excluding hydrogens is 378 g/mol. The SMILES string of the molecule is O=C(CCCNC(=O)c1ccc(Cl)cc1)Nc1cccc(NC(=O)C2CC2)c1. The zero-order chi connectivity index (χ0) is 19.9. The van der Waals surface area contributed by atoms with Crippen LogP contribution in [0.5, 0.6) is 0 Å². The molecule has 3 amide bonds. The maximum Gasteiger partial charge on any atom is 0.251 e. The van der Waals surface area contributed by atoms with Crippen LogP contribution in [-0.2, 0) is 9.59 Å². The van der Waals surface area contributed by atoms with Gasteiger partial charge in [-0.3, -0.25) is 14.4 Å². The Morgan fingerprint density at radius 3 is 2.32 bits per heavy atom. The Balaban J connectivity index is 1.38. The van der Waals surface area contributed by atoms with E-state index in [1.165, 1.54) is 0 Å². The highest BCUT2D eigenvalue weighted by atomic mass is 35.5. The van der Waals surface area contributed by atoms with Crippen LogP contribution in [0, 0.1) is 5.92 Å². The van der Waals surface area contributed by atoms with E-state index < -0.39 is 0 Å². The number of nitrogens with one attached hydrogen (secondary N) is 3. The van der Waals surface area contributed by atoms with Gasteiger partial charge in [0.05, 0.1) is 0 Å². The maximum atomic E-state index is 12.1. The van der Waals surface area contributed by atoms with E-state index in [1.54, 1.807) is 48.5 Å². The first-order valence-corrected chi connectivity index (χ1v) is 9.63. The quantitative estimate of drug-likeness (QED) is 0.589. The minimum absolute atomic E-state index is 0.0277. The standard InChI is InChI=1S/C21H22ClN3O3/c22-16-10-8-14(9-11-16)20(27)23-12-2-5-19(26)24-17-3-1-4-18(13-17)25-21(28)15-6-7-15/h1,3-4,8-11,13,15H,2,5-7,12H2,(H,23,27)(H,24,26)(H,25,28). The summed E-state index contributed by atoms with van der Waals surface area (Å²) in [4.78, 5) is 35.9. The van der Waals surface area contributed by atoms with Crippen molar-refractivity contribution in [2.24, 2.45) is 5.92 Å². The number of anilines is 2. The normalized spacial score (nSPS) is 12.9. The lowest BCUT2D eigenvalue weighted by Gasteiger charge is -2.09. The van der Waals surface area contributed by atoms with Crippen LogP contribution >= 0.6 is 11.6 Å². The van der Waals surface area contributed by atoms with Crippen LogP contribution in [0.2, 0.25) is 5.02 Å². The van der Waals surface area contributed by atoms with E-state index in [9.17, 15) is 14.4 Å².